The average molecular weight is 431 g/mol. The summed E-state index contributed by atoms with van der Waals surface area (Å²) in [5, 5.41) is 14.3. The molecule has 12 nitrogen and oxygen atoms in total. The van der Waals surface area contributed by atoms with Crippen LogP contribution in [-0.2, 0) is 16.1 Å². The van der Waals surface area contributed by atoms with E-state index in [0.717, 1.165) is 24.3 Å². The lowest BCUT2D eigenvalue weighted by atomic mass is 9.82. The van der Waals surface area contributed by atoms with Crippen molar-refractivity contribution in [1.82, 2.24) is 20.3 Å². The molecule has 2 fully saturated rings. The number of carbonyl (C=O) groups is 3. The minimum atomic E-state index is -0.922. The zero-order valence-corrected chi connectivity index (χ0v) is 16.6. The Morgan fingerprint density at radius 3 is 2.68 bits per heavy atom. The quantitative estimate of drug-likeness (QED) is 0.399. The highest BCUT2D eigenvalue weighted by atomic mass is 16.6. The number of fused-ring (bicyclic) bond motifs is 1. The Labute approximate surface area is 175 Å². The monoisotopic (exact) mass is 431 g/mol. The molecule has 1 spiro atoms. The first-order chi connectivity index (χ1) is 14.8. The third-order valence-electron chi connectivity index (χ3n) is 5.75. The molecule has 0 unspecified atom stereocenters. The van der Waals surface area contributed by atoms with Crippen LogP contribution in [-0.4, -0.2) is 37.9 Å². The zero-order valence-electron chi connectivity index (χ0n) is 16.6. The highest BCUT2D eigenvalue weighted by Crippen LogP contribution is 2.33. The lowest BCUT2D eigenvalue weighted by Gasteiger charge is -2.30. The SMILES string of the molecule is O=C(CCCn1c(=O)oc2cc([N+](=O)[O-])ccc21)NN1C(=O)NC2(CCCCC2)C1=O. The van der Waals surface area contributed by atoms with Crippen molar-refractivity contribution in [3.05, 3.63) is 38.9 Å². The van der Waals surface area contributed by atoms with Gasteiger partial charge in [0.1, 0.15) is 5.54 Å². The van der Waals surface area contributed by atoms with Crippen LogP contribution >= 0.6 is 0 Å². The Balaban J connectivity index is 1.36. The van der Waals surface area contributed by atoms with Gasteiger partial charge in [0.05, 0.1) is 16.5 Å². The van der Waals surface area contributed by atoms with Crippen molar-refractivity contribution in [1.29, 1.82) is 0 Å². The Morgan fingerprint density at radius 2 is 1.97 bits per heavy atom. The van der Waals surface area contributed by atoms with Gasteiger partial charge in [-0.25, -0.2) is 9.59 Å². The van der Waals surface area contributed by atoms with E-state index in [1.807, 2.05) is 0 Å². The van der Waals surface area contributed by atoms with Crippen molar-refractivity contribution in [3.63, 3.8) is 0 Å². The Bertz CT molecular complexity index is 1130. The molecular weight excluding hydrogens is 410 g/mol. The van der Waals surface area contributed by atoms with Gasteiger partial charge in [0.2, 0.25) is 5.91 Å². The molecule has 2 aromatic rings. The molecule has 2 N–H and O–H groups in total. The first-order valence-corrected chi connectivity index (χ1v) is 10.0. The highest BCUT2D eigenvalue weighted by molar-refractivity contribution is 6.08. The number of aromatic nitrogens is 1. The van der Waals surface area contributed by atoms with Crippen LogP contribution in [0, 0.1) is 10.1 Å². The molecule has 4 rings (SSSR count). The number of imide groups is 1. The molecule has 31 heavy (non-hydrogen) atoms. The van der Waals surface area contributed by atoms with E-state index in [0.29, 0.717) is 18.4 Å². The second-order valence-corrected chi connectivity index (χ2v) is 7.78. The van der Waals surface area contributed by atoms with Crippen LogP contribution in [0.25, 0.3) is 11.1 Å². The average Bonchev–Trinajstić information content (AvgIpc) is 3.16. The Hall–Kier alpha value is -3.70. The molecule has 1 aliphatic heterocycles. The summed E-state index contributed by atoms with van der Waals surface area (Å²) in [5.41, 5.74) is 1.69. The fourth-order valence-electron chi connectivity index (χ4n) is 4.17. The topological polar surface area (TPSA) is 157 Å². The second-order valence-electron chi connectivity index (χ2n) is 7.78. The van der Waals surface area contributed by atoms with Gasteiger partial charge in [-0.2, -0.15) is 5.01 Å². The summed E-state index contributed by atoms with van der Waals surface area (Å²) in [7, 11) is 0. The molecule has 2 aliphatic rings. The van der Waals surface area contributed by atoms with Crippen LogP contribution in [0.5, 0.6) is 0 Å². The lowest BCUT2D eigenvalue weighted by Crippen LogP contribution is -2.50. The van der Waals surface area contributed by atoms with Crippen molar-refractivity contribution in [3.8, 4) is 0 Å². The van der Waals surface area contributed by atoms with Crippen LogP contribution in [0.3, 0.4) is 0 Å². The summed E-state index contributed by atoms with van der Waals surface area (Å²) >= 11 is 0. The molecule has 1 aromatic heterocycles. The summed E-state index contributed by atoms with van der Waals surface area (Å²) in [6, 6.07) is 3.20. The van der Waals surface area contributed by atoms with Crippen molar-refractivity contribution < 1.29 is 23.7 Å². The van der Waals surface area contributed by atoms with Crippen molar-refractivity contribution in [2.75, 3.05) is 0 Å². The number of nitrogens with zero attached hydrogens (tertiary/aromatic N) is 3. The standard InChI is InChI=1S/C19H21N5O7/c25-15(21-23-16(26)19(20-17(23)27)8-2-1-3-9-19)5-4-10-22-13-7-6-12(24(29)30)11-14(13)31-18(22)28/h6-7,11H,1-5,8-10H2,(H,20,27)(H,21,25). The maximum absolute atomic E-state index is 12.7. The Kier molecular flexibility index (Phi) is 5.21. The fraction of sp³-hybridized carbons (Fsp3) is 0.474. The van der Waals surface area contributed by atoms with Crippen LogP contribution in [0.4, 0.5) is 10.5 Å². The number of nitrogens with one attached hydrogen (secondary N) is 2. The summed E-state index contributed by atoms with van der Waals surface area (Å²) in [6.07, 6.45) is 3.97. The number of hydrogen-bond donors (Lipinski definition) is 2. The van der Waals surface area contributed by atoms with E-state index in [2.05, 4.69) is 10.7 Å². The van der Waals surface area contributed by atoms with Crippen molar-refractivity contribution in [2.45, 2.75) is 57.0 Å². The second kappa shape index (κ2) is 7.85. The number of hydrazine groups is 1. The van der Waals surface area contributed by atoms with Gasteiger partial charge in [0.25, 0.3) is 11.6 Å². The molecule has 1 aliphatic carbocycles. The molecule has 1 saturated heterocycles. The lowest BCUT2D eigenvalue weighted by molar-refractivity contribution is -0.384. The smallest absolute Gasteiger partial charge is 0.407 e. The number of rotatable bonds is 6. The number of aryl methyl sites for hydroxylation is 1. The number of hydrogen-bond acceptors (Lipinski definition) is 7. The molecule has 1 saturated carbocycles. The molecule has 2 heterocycles. The maximum Gasteiger partial charge on any atom is 0.419 e. The van der Waals surface area contributed by atoms with Crippen LogP contribution in [0.15, 0.2) is 27.4 Å². The van der Waals surface area contributed by atoms with E-state index in [4.69, 9.17) is 4.42 Å². The predicted molar refractivity (Wildman–Crippen MR) is 106 cm³/mol. The van der Waals surface area contributed by atoms with Gasteiger partial charge >= 0.3 is 11.8 Å². The molecule has 0 bridgehead atoms. The fourth-order valence-corrected chi connectivity index (χ4v) is 4.17. The summed E-state index contributed by atoms with van der Waals surface area (Å²) in [6.45, 7) is 0.126. The Morgan fingerprint density at radius 1 is 1.23 bits per heavy atom. The van der Waals surface area contributed by atoms with Gasteiger partial charge in [-0.1, -0.05) is 19.3 Å². The molecule has 0 radical (unpaired) electrons. The van der Waals surface area contributed by atoms with E-state index in [9.17, 15) is 29.3 Å². The first kappa shape index (κ1) is 20.6. The number of amides is 4. The largest absolute Gasteiger partial charge is 0.419 e. The number of benzene rings is 1. The van der Waals surface area contributed by atoms with Crippen LogP contribution in [0.2, 0.25) is 0 Å². The molecule has 1 aromatic carbocycles. The third kappa shape index (κ3) is 3.76. The number of urea groups is 1. The normalized spacial score (nSPS) is 17.9. The molecular formula is C19H21N5O7. The summed E-state index contributed by atoms with van der Waals surface area (Å²) in [4.78, 5) is 59.5. The molecule has 12 heteroatoms. The van der Waals surface area contributed by atoms with Gasteiger partial charge in [0, 0.05) is 19.0 Å². The first-order valence-electron chi connectivity index (χ1n) is 10.0. The highest BCUT2D eigenvalue weighted by Gasteiger charge is 2.52. The zero-order chi connectivity index (χ0) is 22.2. The van der Waals surface area contributed by atoms with Crippen LogP contribution < -0.4 is 16.5 Å². The minimum Gasteiger partial charge on any atom is -0.407 e. The number of carbonyl (C=O) groups excluding carboxylic acids is 3. The van der Waals surface area contributed by atoms with Gasteiger partial charge in [-0.05, 0) is 25.3 Å². The van der Waals surface area contributed by atoms with Crippen molar-refractivity contribution in [2.24, 2.45) is 0 Å². The summed E-state index contributed by atoms with van der Waals surface area (Å²) < 4.78 is 6.32. The van der Waals surface area contributed by atoms with E-state index < -0.39 is 34.1 Å². The predicted octanol–water partition coefficient (Wildman–Crippen LogP) is 1.57. The van der Waals surface area contributed by atoms with Gasteiger partial charge in [0.15, 0.2) is 5.58 Å². The molecule has 4 amide bonds. The number of non-ortho nitro benzene ring substituents is 1. The van der Waals surface area contributed by atoms with Crippen molar-refractivity contribution >= 4 is 34.6 Å². The number of oxazole rings is 1. The van der Waals surface area contributed by atoms with Gasteiger partial charge < -0.3 is 9.73 Å². The van der Waals surface area contributed by atoms with E-state index in [-0.39, 0.29) is 30.7 Å². The maximum atomic E-state index is 12.7. The van der Waals surface area contributed by atoms with E-state index in [1.54, 1.807) is 0 Å². The van der Waals surface area contributed by atoms with E-state index >= 15 is 0 Å². The number of nitro benzene ring substituents is 1. The third-order valence-corrected chi connectivity index (χ3v) is 5.75. The van der Waals surface area contributed by atoms with Crippen LogP contribution in [0.1, 0.15) is 44.9 Å². The summed E-state index contributed by atoms with van der Waals surface area (Å²) in [5.74, 6) is -1.67. The minimum absolute atomic E-state index is 0.0455. The number of nitro groups is 1. The van der Waals surface area contributed by atoms with Gasteiger partial charge in [-0.15, -0.1) is 0 Å². The molecule has 164 valence electrons. The van der Waals surface area contributed by atoms with E-state index in [1.165, 1.54) is 22.8 Å². The van der Waals surface area contributed by atoms with Gasteiger partial charge in [-0.3, -0.25) is 29.7 Å². The molecule has 0 atom stereocenters.